The molecule has 0 unspecified atom stereocenters. The zero-order valence-corrected chi connectivity index (χ0v) is 16.8. The molecule has 1 N–H and O–H groups in total. The van der Waals surface area contributed by atoms with Crippen LogP contribution in [0.15, 0.2) is 79.0 Å². The Kier molecular flexibility index (Phi) is 4.97. The molecule has 0 aliphatic carbocycles. The summed E-state index contributed by atoms with van der Waals surface area (Å²) in [4.78, 5) is 12.2. The van der Waals surface area contributed by atoms with Gasteiger partial charge >= 0.3 is 6.18 Å². The van der Waals surface area contributed by atoms with Gasteiger partial charge in [0.05, 0.1) is 18.7 Å². The number of benzene rings is 2. The molecule has 0 fully saturated rings. The molecule has 0 amide bonds. The highest BCUT2D eigenvalue weighted by atomic mass is 19.4. The van der Waals surface area contributed by atoms with Crippen molar-refractivity contribution in [3.8, 4) is 34.3 Å². The summed E-state index contributed by atoms with van der Waals surface area (Å²) in [5.41, 5.74) is 2.91. The van der Waals surface area contributed by atoms with Gasteiger partial charge in [0, 0.05) is 17.3 Å². The molecule has 8 heteroatoms. The van der Waals surface area contributed by atoms with E-state index < -0.39 is 12.6 Å². The Morgan fingerprint density at radius 1 is 0.844 bits per heavy atom. The smallest absolute Gasteiger partial charge is 0.352 e. The summed E-state index contributed by atoms with van der Waals surface area (Å²) in [6.45, 7) is -0.334. The molecule has 5 aromatic rings. The highest BCUT2D eigenvalue weighted by Crippen LogP contribution is 2.28. The summed E-state index contributed by atoms with van der Waals surface area (Å²) in [5, 5.41) is 6.29. The third-order valence-corrected chi connectivity index (χ3v) is 5.15. The summed E-state index contributed by atoms with van der Waals surface area (Å²) < 4.78 is 40.1. The van der Waals surface area contributed by atoms with E-state index >= 15 is 0 Å². The summed E-state index contributed by atoms with van der Waals surface area (Å²) in [7, 11) is 0. The first kappa shape index (κ1) is 20.0. The zero-order chi connectivity index (χ0) is 22.1. The molecule has 0 saturated heterocycles. The molecule has 0 radical (unpaired) electrons. The van der Waals surface area contributed by atoms with Gasteiger partial charge in [-0.05, 0) is 29.1 Å². The van der Waals surface area contributed by atoms with Crippen molar-refractivity contribution in [3.05, 3.63) is 79.0 Å². The minimum atomic E-state index is -4.30. The number of nitrogens with one attached hydrogen (secondary N) is 1. The average molecular weight is 433 g/mol. The molecule has 160 valence electrons. The number of halogens is 3. The Bertz CT molecular complexity index is 1370. The number of pyridine rings is 1. The van der Waals surface area contributed by atoms with Crippen LogP contribution in [-0.2, 0) is 6.54 Å². The summed E-state index contributed by atoms with van der Waals surface area (Å²) in [6.07, 6.45) is -3.58. The van der Waals surface area contributed by atoms with Crippen LogP contribution in [0.4, 0.5) is 13.2 Å². The molecule has 2 aromatic carbocycles. The van der Waals surface area contributed by atoms with Crippen LogP contribution in [0.5, 0.6) is 0 Å². The van der Waals surface area contributed by atoms with Crippen LogP contribution < -0.4 is 0 Å². The molecule has 0 aliphatic rings. The van der Waals surface area contributed by atoms with Gasteiger partial charge in [-0.1, -0.05) is 54.6 Å². The van der Waals surface area contributed by atoms with Gasteiger partial charge in [0.2, 0.25) is 0 Å². The first-order chi connectivity index (χ1) is 15.5. The maximum Gasteiger partial charge on any atom is 0.390 e. The molecule has 3 heterocycles. The lowest BCUT2D eigenvalue weighted by atomic mass is 10.1. The lowest BCUT2D eigenvalue weighted by Crippen LogP contribution is -2.14. The van der Waals surface area contributed by atoms with E-state index in [0.717, 1.165) is 22.0 Å². The van der Waals surface area contributed by atoms with E-state index in [1.54, 1.807) is 12.3 Å². The van der Waals surface area contributed by atoms with Crippen molar-refractivity contribution in [1.29, 1.82) is 0 Å². The van der Waals surface area contributed by atoms with Crippen molar-refractivity contribution >= 4 is 10.8 Å². The lowest BCUT2D eigenvalue weighted by Gasteiger charge is -2.07. The highest BCUT2D eigenvalue weighted by Gasteiger charge is 2.28. The largest absolute Gasteiger partial charge is 0.390 e. The van der Waals surface area contributed by atoms with E-state index in [-0.39, 0.29) is 12.4 Å². The molecule has 5 nitrogen and oxygen atoms in total. The van der Waals surface area contributed by atoms with Gasteiger partial charge in [-0.25, -0.2) is 9.67 Å². The van der Waals surface area contributed by atoms with E-state index in [4.69, 9.17) is 0 Å². The van der Waals surface area contributed by atoms with Crippen LogP contribution in [0.3, 0.4) is 0 Å². The number of aromatic nitrogens is 5. The summed E-state index contributed by atoms with van der Waals surface area (Å²) >= 11 is 0. The van der Waals surface area contributed by atoms with Crippen LogP contribution in [0.25, 0.3) is 45.1 Å². The number of fused-ring (bicyclic) bond motifs is 1. The van der Waals surface area contributed by atoms with Crippen molar-refractivity contribution in [1.82, 2.24) is 24.7 Å². The number of alkyl halides is 3. The van der Waals surface area contributed by atoms with E-state index in [0.29, 0.717) is 17.2 Å². The van der Waals surface area contributed by atoms with Crippen LogP contribution >= 0.6 is 0 Å². The number of hydrogen-bond donors (Lipinski definition) is 1. The second-order valence-electron chi connectivity index (χ2n) is 7.42. The maximum atomic E-state index is 12.9. The van der Waals surface area contributed by atoms with Gasteiger partial charge in [0.15, 0.2) is 11.6 Å². The van der Waals surface area contributed by atoms with E-state index in [2.05, 4.69) is 20.1 Å². The Morgan fingerprint density at radius 2 is 1.56 bits per heavy atom. The fourth-order valence-electron chi connectivity index (χ4n) is 3.56. The monoisotopic (exact) mass is 433 g/mol. The molecule has 5 rings (SSSR count). The predicted molar refractivity (Wildman–Crippen MR) is 117 cm³/mol. The first-order valence-electron chi connectivity index (χ1n) is 10.1. The molecular weight excluding hydrogens is 415 g/mol. The van der Waals surface area contributed by atoms with Crippen LogP contribution in [-0.4, -0.2) is 30.9 Å². The maximum absolute atomic E-state index is 12.9. The number of aryl methyl sites for hydroxylation is 1. The van der Waals surface area contributed by atoms with E-state index in [1.165, 1.54) is 4.68 Å². The third kappa shape index (κ3) is 4.12. The number of nitrogens with zero attached hydrogens (tertiary/aromatic N) is 4. The topological polar surface area (TPSA) is 59.4 Å². The SMILES string of the molecule is FC(F)(F)CCn1nc(-c2cc3ccccc3cn2)nc1-c1ccc(-c2ccccc2)[nH]1. The number of aromatic amines is 1. The van der Waals surface area contributed by atoms with Gasteiger partial charge in [0.25, 0.3) is 0 Å². The van der Waals surface area contributed by atoms with E-state index in [1.807, 2.05) is 66.7 Å². The summed E-state index contributed by atoms with van der Waals surface area (Å²) in [5.74, 6) is 0.616. The van der Waals surface area contributed by atoms with Gasteiger partial charge in [0.1, 0.15) is 5.69 Å². The fraction of sp³-hybridized carbons (Fsp3) is 0.125. The highest BCUT2D eigenvalue weighted by molar-refractivity contribution is 5.84. The molecule has 32 heavy (non-hydrogen) atoms. The Morgan fingerprint density at radius 3 is 2.34 bits per heavy atom. The third-order valence-electron chi connectivity index (χ3n) is 5.15. The first-order valence-corrected chi connectivity index (χ1v) is 10.1. The second-order valence-corrected chi connectivity index (χ2v) is 7.42. The molecule has 0 bridgehead atoms. The Hall–Kier alpha value is -3.94. The second kappa shape index (κ2) is 7.96. The number of H-pyrrole nitrogens is 1. The van der Waals surface area contributed by atoms with Crippen molar-refractivity contribution in [2.75, 3.05) is 0 Å². The van der Waals surface area contributed by atoms with Crippen LogP contribution in [0.1, 0.15) is 6.42 Å². The molecule has 0 atom stereocenters. The molecule has 0 spiro atoms. The molecule has 0 aliphatic heterocycles. The minimum Gasteiger partial charge on any atom is -0.352 e. The summed E-state index contributed by atoms with van der Waals surface area (Å²) in [6, 6.07) is 22.9. The fourth-order valence-corrected chi connectivity index (χ4v) is 3.56. The number of hydrogen-bond acceptors (Lipinski definition) is 3. The normalized spacial score (nSPS) is 11.8. The standard InChI is InChI=1S/C24H18F3N5/c25-24(26,27)12-13-32-23(20-11-10-19(29-20)16-6-2-1-3-7-16)30-22(31-32)21-14-17-8-4-5-9-18(17)15-28-21/h1-11,14-15,29H,12-13H2. The van der Waals surface area contributed by atoms with Crippen LogP contribution in [0, 0.1) is 0 Å². The van der Waals surface area contributed by atoms with Crippen molar-refractivity contribution < 1.29 is 13.2 Å². The quantitative estimate of drug-likeness (QED) is 0.364. The van der Waals surface area contributed by atoms with Crippen molar-refractivity contribution in [3.63, 3.8) is 0 Å². The molecule has 3 aromatic heterocycles. The van der Waals surface area contributed by atoms with Gasteiger partial charge < -0.3 is 4.98 Å². The minimum absolute atomic E-state index is 0.281. The van der Waals surface area contributed by atoms with Crippen molar-refractivity contribution in [2.24, 2.45) is 0 Å². The average Bonchev–Trinajstić information content (AvgIpc) is 3.45. The van der Waals surface area contributed by atoms with Gasteiger partial charge in [-0.3, -0.25) is 4.98 Å². The molecule has 0 saturated carbocycles. The Balaban J connectivity index is 1.56. The number of rotatable bonds is 5. The van der Waals surface area contributed by atoms with Gasteiger partial charge in [-0.2, -0.15) is 13.2 Å². The predicted octanol–water partition coefficient (Wildman–Crippen LogP) is 6.11. The van der Waals surface area contributed by atoms with Crippen molar-refractivity contribution in [2.45, 2.75) is 19.1 Å². The van der Waals surface area contributed by atoms with Crippen LogP contribution in [0.2, 0.25) is 0 Å². The lowest BCUT2D eigenvalue weighted by molar-refractivity contribution is -0.137. The Labute approximate surface area is 181 Å². The van der Waals surface area contributed by atoms with E-state index in [9.17, 15) is 13.2 Å². The molecular formula is C24H18F3N5. The zero-order valence-electron chi connectivity index (χ0n) is 16.8. The van der Waals surface area contributed by atoms with Gasteiger partial charge in [-0.15, -0.1) is 5.10 Å².